The number of amides is 6. The second kappa shape index (κ2) is 16.3. The van der Waals surface area contributed by atoms with Crippen LogP contribution in [0, 0.1) is 0 Å². The number of aromatic hydroxyl groups is 1. The molecule has 9 N–H and O–H groups in total. The average molecular weight is 590 g/mol. The summed E-state index contributed by atoms with van der Waals surface area (Å²) < 4.78 is 0. The molecule has 1 saturated heterocycles. The van der Waals surface area contributed by atoms with Gasteiger partial charge in [-0.15, -0.1) is 0 Å². The van der Waals surface area contributed by atoms with Crippen molar-refractivity contribution in [3.05, 3.63) is 29.8 Å². The Hall–Kier alpha value is -4.20. The standard InChI is InChI=1S/C28H43N7O7/c1-16(31-18(3)36)25(39)34-22(15-19-9-11-20(37)12-10-19)28(42)35-14-6-8-23(35)27(41)32-17(2)26(40)33-21(24(30)38)7-4-5-13-29/h9-12,16-17,21-23,37H,4-8,13-15,29H2,1-3H3,(H2,30,38)(H,31,36)(H,32,41)(H,33,40)(H,34,39)/t16-,17-,21-,22-,23-/m0/s1. The third kappa shape index (κ3) is 10.3. The zero-order chi connectivity index (χ0) is 31.4. The molecule has 6 amide bonds. The molecule has 1 aliphatic heterocycles. The van der Waals surface area contributed by atoms with Crippen molar-refractivity contribution >= 4 is 35.4 Å². The lowest BCUT2D eigenvalue weighted by Gasteiger charge is -2.30. The molecular formula is C28H43N7O7. The van der Waals surface area contributed by atoms with Crippen LogP contribution in [0.15, 0.2) is 24.3 Å². The lowest BCUT2D eigenvalue weighted by atomic mass is 10.0. The maximum Gasteiger partial charge on any atom is 0.246 e. The smallest absolute Gasteiger partial charge is 0.246 e. The minimum absolute atomic E-state index is 0.0390. The fourth-order valence-electron chi connectivity index (χ4n) is 4.69. The second-order valence-electron chi connectivity index (χ2n) is 10.5. The number of hydrogen-bond acceptors (Lipinski definition) is 8. The Kier molecular flexibility index (Phi) is 13.2. The molecule has 1 aliphatic rings. The molecule has 2 rings (SSSR count). The molecule has 1 heterocycles. The Balaban J connectivity index is 2.14. The van der Waals surface area contributed by atoms with Crippen LogP contribution in [-0.4, -0.2) is 88.7 Å². The number of unbranched alkanes of at least 4 members (excludes halogenated alkanes) is 1. The molecule has 232 valence electrons. The molecule has 0 spiro atoms. The lowest BCUT2D eigenvalue weighted by Crippen LogP contribution is -2.58. The zero-order valence-corrected chi connectivity index (χ0v) is 24.4. The highest BCUT2D eigenvalue weighted by Gasteiger charge is 2.39. The number of primary amides is 1. The number of nitrogens with zero attached hydrogens (tertiary/aromatic N) is 1. The summed E-state index contributed by atoms with van der Waals surface area (Å²) in [4.78, 5) is 77.0. The summed E-state index contributed by atoms with van der Waals surface area (Å²) in [6.45, 7) is 4.91. The molecule has 0 aliphatic carbocycles. The van der Waals surface area contributed by atoms with Gasteiger partial charge in [0.15, 0.2) is 0 Å². The molecule has 0 bridgehead atoms. The number of carbonyl (C=O) groups excluding carboxylic acids is 6. The number of carbonyl (C=O) groups is 6. The van der Waals surface area contributed by atoms with E-state index in [1.54, 1.807) is 12.1 Å². The van der Waals surface area contributed by atoms with Crippen LogP contribution >= 0.6 is 0 Å². The van der Waals surface area contributed by atoms with Crippen LogP contribution in [0.2, 0.25) is 0 Å². The summed E-state index contributed by atoms with van der Waals surface area (Å²) in [5, 5.41) is 19.9. The van der Waals surface area contributed by atoms with E-state index in [0.717, 1.165) is 0 Å². The summed E-state index contributed by atoms with van der Waals surface area (Å²) in [6.07, 6.45) is 2.51. The van der Waals surface area contributed by atoms with Crippen LogP contribution in [-0.2, 0) is 35.2 Å². The highest BCUT2D eigenvalue weighted by Crippen LogP contribution is 2.21. The lowest BCUT2D eigenvalue weighted by molar-refractivity contribution is -0.142. The van der Waals surface area contributed by atoms with E-state index in [0.29, 0.717) is 44.2 Å². The van der Waals surface area contributed by atoms with E-state index in [-0.39, 0.29) is 18.7 Å². The van der Waals surface area contributed by atoms with Crippen LogP contribution in [0.3, 0.4) is 0 Å². The van der Waals surface area contributed by atoms with Gasteiger partial charge in [-0.3, -0.25) is 28.8 Å². The first-order valence-corrected chi connectivity index (χ1v) is 14.1. The van der Waals surface area contributed by atoms with Crippen molar-refractivity contribution in [2.45, 2.75) is 89.5 Å². The van der Waals surface area contributed by atoms with Gasteiger partial charge in [0, 0.05) is 19.9 Å². The van der Waals surface area contributed by atoms with Gasteiger partial charge in [-0.25, -0.2) is 0 Å². The average Bonchev–Trinajstić information content (AvgIpc) is 3.42. The van der Waals surface area contributed by atoms with Crippen molar-refractivity contribution in [1.29, 1.82) is 0 Å². The minimum atomic E-state index is -1.07. The summed E-state index contributed by atoms with van der Waals surface area (Å²) in [5.74, 6) is -3.30. The maximum absolute atomic E-state index is 13.7. The molecule has 5 atom stereocenters. The quantitative estimate of drug-likeness (QED) is 0.119. The van der Waals surface area contributed by atoms with Gasteiger partial charge in [0.25, 0.3) is 0 Å². The highest BCUT2D eigenvalue weighted by molar-refractivity contribution is 5.96. The van der Waals surface area contributed by atoms with Gasteiger partial charge in [0.1, 0.15) is 36.0 Å². The molecule has 0 saturated carbocycles. The molecule has 42 heavy (non-hydrogen) atoms. The first-order valence-electron chi connectivity index (χ1n) is 14.1. The molecule has 14 nitrogen and oxygen atoms in total. The maximum atomic E-state index is 13.7. The van der Waals surface area contributed by atoms with Gasteiger partial charge in [-0.1, -0.05) is 12.1 Å². The summed E-state index contributed by atoms with van der Waals surface area (Å²) in [5.41, 5.74) is 11.5. The molecule has 0 radical (unpaired) electrons. The van der Waals surface area contributed by atoms with E-state index in [1.165, 1.54) is 37.8 Å². The number of hydrogen-bond donors (Lipinski definition) is 7. The van der Waals surface area contributed by atoms with Gasteiger partial charge in [0.05, 0.1) is 0 Å². The van der Waals surface area contributed by atoms with Crippen LogP contribution in [0.5, 0.6) is 5.75 Å². The molecule has 1 aromatic rings. The zero-order valence-electron chi connectivity index (χ0n) is 24.4. The third-order valence-electron chi connectivity index (χ3n) is 7.00. The van der Waals surface area contributed by atoms with Crippen molar-refractivity contribution in [2.75, 3.05) is 13.1 Å². The van der Waals surface area contributed by atoms with Gasteiger partial charge >= 0.3 is 0 Å². The van der Waals surface area contributed by atoms with Crippen LogP contribution in [0.4, 0.5) is 0 Å². The number of phenols is 1. The Bertz CT molecular complexity index is 1130. The van der Waals surface area contributed by atoms with Crippen molar-refractivity contribution in [2.24, 2.45) is 11.5 Å². The van der Waals surface area contributed by atoms with Gasteiger partial charge in [0.2, 0.25) is 35.4 Å². The molecule has 14 heteroatoms. The Morgan fingerprint density at radius 1 is 0.929 bits per heavy atom. The fraction of sp³-hybridized carbons (Fsp3) is 0.571. The molecule has 0 aromatic heterocycles. The normalized spacial score (nSPS) is 17.3. The first-order chi connectivity index (χ1) is 19.8. The molecule has 0 unspecified atom stereocenters. The third-order valence-corrected chi connectivity index (χ3v) is 7.00. The van der Waals surface area contributed by atoms with Crippen molar-refractivity contribution in [3.63, 3.8) is 0 Å². The fourth-order valence-corrected chi connectivity index (χ4v) is 4.69. The number of nitrogens with two attached hydrogens (primary N) is 2. The van der Waals surface area contributed by atoms with Crippen LogP contribution < -0.4 is 32.7 Å². The van der Waals surface area contributed by atoms with Gasteiger partial charge < -0.3 is 42.7 Å². The summed E-state index contributed by atoms with van der Waals surface area (Å²) in [7, 11) is 0. The molecule has 1 aromatic carbocycles. The van der Waals surface area contributed by atoms with Crippen molar-refractivity contribution < 1.29 is 33.9 Å². The molecular weight excluding hydrogens is 546 g/mol. The SMILES string of the molecule is CC(=O)N[C@@H](C)C(=O)N[C@@H](Cc1ccc(O)cc1)C(=O)N1CCC[C@H]1C(=O)N[C@@H](C)C(=O)N[C@@H](CCCCN)C(N)=O. The first kappa shape index (κ1) is 34.0. The number of likely N-dealkylation sites (tertiary alicyclic amines) is 1. The van der Waals surface area contributed by atoms with E-state index >= 15 is 0 Å². The largest absolute Gasteiger partial charge is 0.508 e. The van der Waals surface area contributed by atoms with E-state index in [9.17, 15) is 33.9 Å². The van der Waals surface area contributed by atoms with E-state index < -0.39 is 65.7 Å². The topological polar surface area (TPSA) is 226 Å². The summed E-state index contributed by atoms with van der Waals surface area (Å²) >= 11 is 0. The molecule has 1 fully saturated rings. The van der Waals surface area contributed by atoms with Crippen LogP contribution in [0.1, 0.15) is 58.4 Å². The number of rotatable bonds is 15. The van der Waals surface area contributed by atoms with Crippen LogP contribution in [0.25, 0.3) is 0 Å². The van der Waals surface area contributed by atoms with E-state index in [4.69, 9.17) is 11.5 Å². The van der Waals surface area contributed by atoms with Crippen molar-refractivity contribution in [1.82, 2.24) is 26.2 Å². The Morgan fingerprint density at radius 2 is 1.52 bits per heavy atom. The van der Waals surface area contributed by atoms with Gasteiger partial charge in [-0.05, 0) is 70.2 Å². The Labute approximate surface area is 245 Å². The Morgan fingerprint density at radius 3 is 2.10 bits per heavy atom. The highest BCUT2D eigenvalue weighted by atomic mass is 16.3. The number of benzene rings is 1. The predicted molar refractivity (Wildman–Crippen MR) is 153 cm³/mol. The van der Waals surface area contributed by atoms with E-state index in [2.05, 4.69) is 21.3 Å². The summed E-state index contributed by atoms with van der Waals surface area (Å²) in [6, 6.07) is 1.35. The van der Waals surface area contributed by atoms with Gasteiger partial charge in [-0.2, -0.15) is 0 Å². The van der Waals surface area contributed by atoms with E-state index in [1.807, 2.05) is 0 Å². The number of phenolic OH excluding ortho intramolecular Hbond substituents is 1. The monoisotopic (exact) mass is 589 g/mol. The minimum Gasteiger partial charge on any atom is -0.508 e. The predicted octanol–water partition coefficient (Wildman–Crippen LogP) is -1.46. The number of nitrogens with one attached hydrogen (secondary N) is 4. The van der Waals surface area contributed by atoms with Crippen molar-refractivity contribution in [3.8, 4) is 5.75 Å². The second-order valence-corrected chi connectivity index (χ2v) is 10.5.